The molecule has 0 aliphatic carbocycles. The lowest BCUT2D eigenvalue weighted by molar-refractivity contribution is 0.0922. The van der Waals surface area contributed by atoms with Crippen molar-refractivity contribution in [3.8, 4) is 17.2 Å². The van der Waals surface area contributed by atoms with E-state index in [1.54, 1.807) is 4.90 Å². The number of amides is 3. The van der Waals surface area contributed by atoms with Crippen LogP contribution in [0.15, 0.2) is 12.1 Å². The molecule has 0 saturated carbocycles. The van der Waals surface area contributed by atoms with Crippen LogP contribution in [-0.4, -0.2) is 76.3 Å². The number of rotatable bonds is 4. The third-order valence-corrected chi connectivity index (χ3v) is 4.00. The van der Waals surface area contributed by atoms with Crippen molar-refractivity contribution >= 4 is 11.9 Å². The number of hydrogen-bond donors (Lipinski definition) is 2. The van der Waals surface area contributed by atoms with E-state index < -0.39 is 5.91 Å². The van der Waals surface area contributed by atoms with Crippen LogP contribution in [0.1, 0.15) is 10.4 Å². The van der Waals surface area contributed by atoms with Crippen molar-refractivity contribution in [1.82, 2.24) is 20.7 Å². The van der Waals surface area contributed by atoms with Crippen LogP contribution >= 0.6 is 0 Å². The van der Waals surface area contributed by atoms with E-state index in [-0.39, 0.29) is 11.6 Å². The highest BCUT2D eigenvalue weighted by molar-refractivity contribution is 5.96. The van der Waals surface area contributed by atoms with Gasteiger partial charge in [0.15, 0.2) is 11.5 Å². The molecule has 0 unspecified atom stereocenters. The standard InChI is InChI=1S/C16H24N4O5/c1-19-5-7-20(8-6-19)16(22)18-17-15(21)11-9-12(23-2)14(25-4)13(10-11)24-3/h9-10H,5-8H2,1-4H3,(H,17,21)(H,18,22). The lowest BCUT2D eigenvalue weighted by atomic mass is 10.1. The van der Waals surface area contributed by atoms with Crippen molar-refractivity contribution in [2.75, 3.05) is 54.6 Å². The summed E-state index contributed by atoms with van der Waals surface area (Å²) < 4.78 is 15.6. The minimum Gasteiger partial charge on any atom is -0.493 e. The van der Waals surface area contributed by atoms with Crippen molar-refractivity contribution in [3.05, 3.63) is 17.7 Å². The number of carbonyl (C=O) groups is 2. The third kappa shape index (κ3) is 4.44. The molecule has 0 spiro atoms. The van der Waals surface area contributed by atoms with E-state index in [0.29, 0.717) is 30.3 Å². The number of urea groups is 1. The molecule has 138 valence electrons. The Morgan fingerprint density at radius 1 is 0.920 bits per heavy atom. The number of carbonyl (C=O) groups excluding carboxylic acids is 2. The number of hydrogen-bond acceptors (Lipinski definition) is 6. The highest BCUT2D eigenvalue weighted by Gasteiger charge is 2.21. The maximum absolute atomic E-state index is 12.3. The first-order valence-electron chi connectivity index (χ1n) is 7.84. The molecule has 2 N–H and O–H groups in total. The normalized spacial score (nSPS) is 14.6. The van der Waals surface area contributed by atoms with E-state index in [1.807, 2.05) is 7.05 Å². The summed E-state index contributed by atoms with van der Waals surface area (Å²) >= 11 is 0. The second-order valence-electron chi connectivity index (χ2n) is 5.59. The Morgan fingerprint density at radius 3 is 1.96 bits per heavy atom. The zero-order chi connectivity index (χ0) is 18.4. The molecule has 1 aliphatic rings. The van der Waals surface area contributed by atoms with E-state index in [1.165, 1.54) is 33.5 Å². The number of piperazine rings is 1. The summed E-state index contributed by atoms with van der Waals surface area (Å²) in [4.78, 5) is 28.2. The van der Waals surface area contributed by atoms with Gasteiger partial charge in [-0.2, -0.15) is 0 Å². The van der Waals surface area contributed by atoms with Gasteiger partial charge in [0, 0.05) is 31.7 Å². The van der Waals surface area contributed by atoms with E-state index in [9.17, 15) is 9.59 Å². The molecule has 0 radical (unpaired) electrons. The van der Waals surface area contributed by atoms with Gasteiger partial charge in [-0.05, 0) is 19.2 Å². The molecule has 1 aromatic carbocycles. The zero-order valence-corrected chi connectivity index (χ0v) is 14.9. The molecule has 1 fully saturated rings. The summed E-state index contributed by atoms with van der Waals surface area (Å²) in [5.74, 6) is 0.625. The number of nitrogens with one attached hydrogen (secondary N) is 2. The van der Waals surface area contributed by atoms with Gasteiger partial charge in [-0.25, -0.2) is 10.2 Å². The minimum absolute atomic E-state index is 0.271. The quantitative estimate of drug-likeness (QED) is 0.758. The van der Waals surface area contributed by atoms with Gasteiger partial charge >= 0.3 is 6.03 Å². The smallest absolute Gasteiger partial charge is 0.336 e. The fourth-order valence-electron chi connectivity index (χ4n) is 2.48. The third-order valence-electron chi connectivity index (χ3n) is 4.00. The molecule has 0 atom stereocenters. The zero-order valence-electron chi connectivity index (χ0n) is 14.9. The molecular weight excluding hydrogens is 328 g/mol. The van der Waals surface area contributed by atoms with E-state index in [0.717, 1.165) is 13.1 Å². The predicted molar refractivity (Wildman–Crippen MR) is 91.2 cm³/mol. The summed E-state index contributed by atoms with van der Waals surface area (Å²) in [6.07, 6.45) is 0. The molecule has 9 heteroatoms. The van der Waals surface area contributed by atoms with Gasteiger partial charge in [0.25, 0.3) is 5.91 Å². The molecule has 9 nitrogen and oxygen atoms in total. The maximum atomic E-state index is 12.3. The van der Waals surface area contributed by atoms with Crippen LogP contribution in [0.2, 0.25) is 0 Å². The minimum atomic E-state index is -0.485. The summed E-state index contributed by atoms with van der Waals surface area (Å²) in [6, 6.07) is 2.69. The largest absolute Gasteiger partial charge is 0.493 e. The molecule has 25 heavy (non-hydrogen) atoms. The van der Waals surface area contributed by atoms with Gasteiger partial charge in [-0.15, -0.1) is 0 Å². The SMILES string of the molecule is COc1cc(C(=O)NNC(=O)N2CCN(C)CC2)cc(OC)c1OC. The lowest BCUT2D eigenvalue weighted by Crippen LogP contribution is -2.54. The van der Waals surface area contributed by atoms with Gasteiger partial charge in [0.1, 0.15) is 0 Å². The second kappa shape index (κ2) is 8.43. The van der Waals surface area contributed by atoms with Gasteiger partial charge in [-0.3, -0.25) is 10.2 Å². The first-order valence-corrected chi connectivity index (χ1v) is 7.84. The van der Waals surface area contributed by atoms with Crippen molar-refractivity contribution in [2.45, 2.75) is 0 Å². The Hall–Kier alpha value is -2.68. The van der Waals surface area contributed by atoms with E-state index in [4.69, 9.17) is 14.2 Å². The first-order chi connectivity index (χ1) is 12.0. The molecule has 2 rings (SSSR count). The van der Waals surface area contributed by atoms with Gasteiger partial charge in [-0.1, -0.05) is 0 Å². The fourth-order valence-corrected chi connectivity index (χ4v) is 2.48. The highest BCUT2D eigenvalue weighted by atomic mass is 16.5. The van der Waals surface area contributed by atoms with Gasteiger partial charge < -0.3 is 24.0 Å². The van der Waals surface area contributed by atoms with Crippen LogP contribution in [0.4, 0.5) is 4.79 Å². The van der Waals surface area contributed by atoms with Crippen LogP contribution in [0.25, 0.3) is 0 Å². The van der Waals surface area contributed by atoms with Gasteiger partial charge in [0.2, 0.25) is 5.75 Å². The first kappa shape index (κ1) is 18.7. The number of ether oxygens (including phenoxy) is 3. The number of nitrogens with zero attached hydrogens (tertiary/aromatic N) is 2. The molecule has 0 aromatic heterocycles. The summed E-state index contributed by atoms with van der Waals surface area (Å²) in [7, 11) is 6.42. The fraction of sp³-hybridized carbons (Fsp3) is 0.500. The Kier molecular flexibility index (Phi) is 6.29. The summed E-state index contributed by atoms with van der Waals surface area (Å²) in [5.41, 5.74) is 5.10. The van der Waals surface area contributed by atoms with Crippen molar-refractivity contribution in [2.24, 2.45) is 0 Å². The molecule has 1 heterocycles. The average Bonchev–Trinajstić information content (AvgIpc) is 2.64. The molecule has 1 aliphatic heterocycles. The highest BCUT2D eigenvalue weighted by Crippen LogP contribution is 2.38. The van der Waals surface area contributed by atoms with Crippen LogP contribution in [-0.2, 0) is 0 Å². The van der Waals surface area contributed by atoms with Crippen LogP contribution < -0.4 is 25.1 Å². The Bertz CT molecular complexity index is 604. The average molecular weight is 352 g/mol. The maximum Gasteiger partial charge on any atom is 0.336 e. The Morgan fingerprint density at radius 2 is 1.48 bits per heavy atom. The van der Waals surface area contributed by atoms with E-state index in [2.05, 4.69) is 15.8 Å². The lowest BCUT2D eigenvalue weighted by Gasteiger charge is -2.32. The van der Waals surface area contributed by atoms with Crippen molar-refractivity contribution < 1.29 is 23.8 Å². The topological polar surface area (TPSA) is 92.4 Å². The predicted octanol–water partition coefficient (Wildman–Crippen LogP) is 0.314. The Labute approximate surface area is 146 Å². The summed E-state index contributed by atoms with van der Waals surface area (Å²) in [6.45, 7) is 2.83. The number of hydrazine groups is 1. The number of methoxy groups -OCH3 is 3. The van der Waals surface area contributed by atoms with Crippen molar-refractivity contribution in [3.63, 3.8) is 0 Å². The van der Waals surface area contributed by atoms with Crippen LogP contribution in [0.5, 0.6) is 17.2 Å². The number of benzene rings is 1. The van der Waals surface area contributed by atoms with Crippen LogP contribution in [0, 0.1) is 0 Å². The number of likely N-dealkylation sites (N-methyl/N-ethyl adjacent to an activating group) is 1. The van der Waals surface area contributed by atoms with E-state index >= 15 is 0 Å². The monoisotopic (exact) mass is 352 g/mol. The molecule has 1 aromatic rings. The summed E-state index contributed by atoms with van der Waals surface area (Å²) in [5, 5.41) is 0. The molecule has 3 amide bonds. The Balaban J connectivity index is 2.02. The van der Waals surface area contributed by atoms with Crippen LogP contribution in [0.3, 0.4) is 0 Å². The van der Waals surface area contributed by atoms with Crippen molar-refractivity contribution in [1.29, 1.82) is 0 Å². The molecule has 0 bridgehead atoms. The molecule has 1 saturated heterocycles. The second-order valence-corrected chi connectivity index (χ2v) is 5.59. The molecular formula is C16H24N4O5. The van der Waals surface area contributed by atoms with Gasteiger partial charge in [0.05, 0.1) is 21.3 Å².